The smallest absolute Gasteiger partial charge is 0.261 e. The highest BCUT2D eigenvalue weighted by molar-refractivity contribution is 7.20. The van der Waals surface area contributed by atoms with E-state index in [4.69, 9.17) is 5.26 Å². The number of nitrogens with one attached hydrogen (secondary N) is 2. The lowest BCUT2D eigenvalue weighted by Crippen LogP contribution is -2.40. The van der Waals surface area contributed by atoms with E-state index < -0.39 is 5.41 Å². The molecule has 0 bridgehead atoms. The molecule has 0 radical (unpaired) electrons. The van der Waals surface area contributed by atoms with Gasteiger partial charge in [-0.1, -0.05) is 37.5 Å². The normalized spacial score (nSPS) is 14.2. The molecule has 1 fully saturated rings. The zero-order valence-electron chi connectivity index (χ0n) is 23.8. The van der Waals surface area contributed by atoms with Crippen molar-refractivity contribution in [3.05, 3.63) is 113 Å². The van der Waals surface area contributed by atoms with Gasteiger partial charge in [-0.25, -0.2) is 4.98 Å². The summed E-state index contributed by atoms with van der Waals surface area (Å²) in [6.07, 6.45) is 12.5. The molecule has 43 heavy (non-hydrogen) atoms. The molecule has 3 heterocycles. The molecule has 5 aromatic rings. The molecule has 2 amide bonds. The highest BCUT2D eigenvalue weighted by Gasteiger charge is 2.40. The highest BCUT2D eigenvalue weighted by atomic mass is 32.1. The van der Waals surface area contributed by atoms with Gasteiger partial charge in [0.25, 0.3) is 5.91 Å². The predicted molar refractivity (Wildman–Crippen MR) is 168 cm³/mol. The molecule has 216 valence electrons. The summed E-state index contributed by atoms with van der Waals surface area (Å²) in [5, 5.41) is 16.2. The zero-order valence-corrected chi connectivity index (χ0v) is 24.6. The molecular formula is C34H32N6O2S. The molecule has 9 heteroatoms. The molecule has 2 N–H and O–H groups in total. The molecule has 0 atom stereocenters. The second-order valence-corrected chi connectivity index (χ2v) is 12.3. The number of nitrogens with zero attached hydrogens (tertiary/aromatic N) is 4. The Bertz CT molecular complexity index is 1780. The number of hydrogen-bond donors (Lipinski definition) is 2. The number of hydrogen-bond acceptors (Lipinski definition) is 6. The summed E-state index contributed by atoms with van der Waals surface area (Å²) < 4.78 is 3.09. The molecule has 2 aromatic carbocycles. The fourth-order valence-electron chi connectivity index (χ4n) is 5.85. The third-order valence-electron chi connectivity index (χ3n) is 8.22. The Hall–Kier alpha value is -4.81. The Morgan fingerprint density at radius 3 is 2.58 bits per heavy atom. The summed E-state index contributed by atoms with van der Waals surface area (Å²) in [6.45, 7) is 1.04. The van der Waals surface area contributed by atoms with Crippen LogP contribution in [0.1, 0.15) is 64.2 Å². The van der Waals surface area contributed by atoms with Crippen molar-refractivity contribution in [3.63, 3.8) is 0 Å². The second kappa shape index (κ2) is 12.6. The van der Waals surface area contributed by atoms with Gasteiger partial charge in [0, 0.05) is 54.2 Å². The van der Waals surface area contributed by atoms with Crippen LogP contribution in [-0.4, -0.2) is 26.3 Å². The van der Waals surface area contributed by atoms with E-state index in [-0.39, 0.29) is 11.8 Å². The van der Waals surface area contributed by atoms with E-state index in [1.54, 1.807) is 12.4 Å². The van der Waals surface area contributed by atoms with Crippen molar-refractivity contribution in [2.24, 2.45) is 5.41 Å². The monoisotopic (exact) mass is 588 g/mol. The van der Waals surface area contributed by atoms with Crippen LogP contribution in [0, 0.1) is 16.7 Å². The maximum atomic E-state index is 14.0. The maximum Gasteiger partial charge on any atom is 0.261 e. The Labute approximate surface area is 254 Å². The summed E-state index contributed by atoms with van der Waals surface area (Å²) in [5.74, 6) is -0.100. The van der Waals surface area contributed by atoms with Crippen LogP contribution in [0.5, 0.6) is 0 Å². The molecule has 8 nitrogen and oxygen atoms in total. The van der Waals surface area contributed by atoms with Crippen molar-refractivity contribution in [2.45, 2.75) is 51.6 Å². The zero-order chi connectivity index (χ0) is 29.6. The van der Waals surface area contributed by atoms with E-state index in [0.29, 0.717) is 30.0 Å². The van der Waals surface area contributed by atoms with E-state index in [2.05, 4.69) is 31.2 Å². The first-order valence-corrected chi connectivity index (χ1v) is 15.3. The third-order valence-corrected chi connectivity index (χ3v) is 9.33. The highest BCUT2D eigenvalue weighted by Crippen LogP contribution is 2.41. The average Bonchev–Trinajstić information content (AvgIpc) is 3.67. The van der Waals surface area contributed by atoms with Crippen molar-refractivity contribution < 1.29 is 9.59 Å². The number of aromatic nitrogens is 3. The quantitative estimate of drug-likeness (QED) is 0.205. The molecule has 1 aliphatic rings. The fraction of sp³-hybridized carbons (Fsp3) is 0.265. The molecule has 6 rings (SSSR count). The van der Waals surface area contributed by atoms with E-state index in [1.165, 1.54) is 11.3 Å². The van der Waals surface area contributed by atoms with Gasteiger partial charge in [-0.2, -0.15) is 5.26 Å². The van der Waals surface area contributed by atoms with Crippen LogP contribution in [0.15, 0.2) is 85.6 Å². The van der Waals surface area contributed by atoms with E-state index in [0.717, 1.165) is 64.7 Å². The minimum absolute atomic E-state index is 0.0299. The van der Waals surface area contributed by atoms with Crippen LogP contribution >= 0.6 is 11.3 Å². The van der Waals surface area contributed by atoms with Crippen LogP contribution in [0.3, 0.4) is 0 Å². The molecule has 3 aromatic heterocycles. The summed E-state index contributed by atoms with van der Waals surface area (Å²) >= 11 is 1.44. The first kappa shape index (κ1) is 28.3. The van der Waals surface area contributed by atoms with Gasteiger partial charge in [0.2, 0.25) is 5.91 Å². The van der Waals surface area contributed by atoms with Crippen molar-refractivity contribution in [2.75, 3.05) is 5.32 Å². The lowest BCUT2D eigenvalue weighted by molar-refractivity contribution is -0.127. The lowest BCUT2D eigenvalue weighted by Gasteiger charge is -2.36. The van der Waals surface area contributed by atoms with Gasteiger partial charge < -0.3 is 15.2 Å². The number of thiophene rings is 1. The van der Waals surface area contributed by atoms with Crippen molar-refractivity contribution in [3.8, 4) is 6.07 Å². The van der Waals surface area contributed by atoms with E-state index in [9.17, 15) is 9.59 Å². The van der Waals surface area contributed by atoms with Crippen LogP contribution in [0.25, 0.3) is 10.1 Å². The number of benzene rings is 2. The van der Waals surface area contributed by atoms with Crippen molar-refractivity contribution in [1.29, 1.82) is 5.26 Å². The first-order valence-electron chi connectivity index (χ1n) is 14.5. The van der Waals surface area contributed by atoms with Gasteiger partial charge in [0.05, 0.1) is 28.3 Å². The largest absolute Gasteiger partial charge is 0.347 e. The number of fused-ring (bicyclic) bond motifs is 1. The standard InChI is InChI=1S/C34H32N6O2S/c35-18-24-6-8-25(9-7-24)22-40-23-37-21-29(40)17-34(12-2-1-3-13-34)33(42)39-28-10-11-30-27(15-28)16-31(43-30)32(41)38-20-26-5-4-14-36-19-26/h4-11,14-16,19,21,23H,1-3,12-13,17,20,22H2,(H,38,41)(H,39,42). The number of carbonyl (C=O) groups excluding carboxylic acids is 2. The van der Waals surface area contributed by atoms with Gasteiger partial charge >= 0.3 is 0 Å². The van der Waals surface area contributed by atoms with Crippen LogP contribution in [-0.2, 0) is 24.3 Å². The molecule has 0 unspecified atom stereocenters. The van der Waals surface area contributed by atoms with Crippen LogP contribution in [0.4, 0.5) is 5.69 Å². The lowest BCUT2D eigenvalue weighted by atomic mass is 9.70. The Kier molecular flexibility index (Phi) is 8.29. The molecule has 0 aliphatic heterocycles. The van der Waals surface area contributed by atoms with Gasteiger partial charge in [-0.3, -0.25) is 14.6 Å². The summed E-state index contributed by atoms with van der Waals surface area (Å²) in [5.41, 5.74) is 3.88. The summed E-state index contributed by atoms with van der Waals surface area (Å²) in [4.78, 5) is 35.9. The molecule has 0 saturated heterocycles. The molecule has 1 saturated carbocycles. The number of carbonyl (C=O) groups is 2. The van der Waals surface area contributed by atoms with Crippen molar-refractivity contribution >= 4 is 38.9 Å². The van der Waals surface area contributed by atoms with Crippen molar-refractivity contribution in [1.82, 2.24) is 19.9 Å². The van der Waals surface area contributed by atoms with Gasteiger partial charge in [0.1, 0.15) is 0 Å². The minimum Gasteiger partial charge on any atom is -0.347 e. The summed E-state index contributed by atoms with van der Waals surface area (Å²) in [6, 6.07) is 21.2. The predicted octanol–water partition coefficient (Wildman–Crippen LogP) is 6.47. The first-order chi connectivity index (χ1) is 21.0. The molecular weight excluding hydrogens is 556 g/mol. The molecule has 1 aliphatic carbocycles. The van der Waals surface area contributed by atoms with Crippen LogP contribution < -0.4 is 10.6 Å². The fourth-order valence-corrected chi connectivity index (χ4v) is 6.81. The summed E-state index contributed by atoms with van der Waals surface area (Å²) in [7, 11) is 0. The van der Waals surface area contributed by atoms with Gasteiger partial charge in [-0.15, -0.1) is 11.3 Å². The molecule has 0 spiro atoms. The minimum atomic E-state index is -0.526. The third kappa shape index (κ3) is 6.50. The van der Waals surface area contributed by atoms with Gasteiger partial charge in [-0.05, 0) is 71.8 Å². The number of nitriles is 1. The maximum absolute atomic E-state index is 14.0. The Balaban J connectivity index is 1.16. The Morgan fingerprint density at radius 2 is 1.81 bits per heavy atom. The van der Waals surface area contributed by atoms with E-state index in [1.807, 2.05) is 73.2 Å². The number of amides is 2. The number of pyridine rings is 1. The number of imidazole rings is 1. The van der Waals surface area contributed by atoms with E-state index >= 15 is 0 Å². The topological polar surface area (TPSA) is 113 Å². The Morgan fingerprint density at radius 1 is 0.977 bits per heavy atom. The second-order valence-electron chi connectivity index (χ2n) is 11.2. The SMILES string of the molecule is N#Cc1ccc(Cn2cncc2CC2(C(=O)Nc3ccc4sc(C(=O)NCc5cccnc5)cc4c3)CCCCC2)cc1. The van der Waals surface area contributed by atoms with Crippen LogP contribution in [0.2, 0.25) is 0 Å². The van der Waals surface area contributed by atoms with Gasteiger partial charge in [0.15, 0.2) is 0 Å². The number of rotatable bonds is 9. The average molecular weight is 589 g/mol. The number of anilines is 1.